The molecule has 0 bridgehead atoms. The number of rotatable bonds is 4. The molecular formula is C18H15Cl2F3N4O. The first-order chi connectivity index (χ1) is 13.1. The number of aliphatic imine (C=N–C) groups is 1. The summed E-state index contributed by atoms with van der Waals surface area (Å²) < 4.78 is 42.7. The second-order valence-electron chi connectivity index (χ2n) is 6.06. The van der Waals surface area contributed by atoms with Crippen LogP contribution in [-0.4, -0.2) is 18.7 Å². The summed E-state index contributed by atoms with van der Waals surface area (Å²) in [6, 6.07) is 10.9. The third-order valence-corrected chi connectivity index (χ3v) is 4.35. The zero-order valence-electron chi connectivity index (χ0n) is 14.2. The molecule has 0 spiro atoms. The number of ether oxygens (including phenoxy) is 1. The van der Waals surface area contributed by atoms with Gasteiger partial charge in [-0.25, -0.2) is 4.99 Å². The monoisotopic (exact) mass is 430 g/mol. The van der Waals surface area contributed by atoms with Crippen LogP contribution >= 0.6 is 23.2 Å². The predicted molar refractivity (Wildman–Crippen MR) is 103 cm³/mol. The number of nitrogens with zero attached hydrogens (tertiary/aromatic N) is 1. The van der Waals surface area contributed by atoms with Gasteiger partial charge in [0.2, 0.25) is 0 Å². The highest BCUT2D eigenvalue weighted by molar-refractivity contribution is 6.31. The molecule has 3 rings (SSSR count). The summed E-state index contributed by atoms with van der Waals surface area (Å²) in [5, 5.41) is 3.61. The Morgan fingerprint density at radius 2 is 1.71 bits per heavy atom. The van der Waals surface area contributed by atoms with Gasteiger partial charge in [-0.05, 0) is 42.0 Å². The molecule has 148 valence electrons. The van der Waals surface area contributed by atoms with Crippen molar-refractivity contribution in [1.29, 1.82) is 0 Å². The first kappa shape index (κ1) is 20.3. The predicted octanol–water partition coefficient (Wildman–Crippen LogP) is 4.01. The fraction of sp³-hybridized carbons (Fsp3) is 0.167. The number of nitrogens with two attached hydrogens (primary N) is 2. The van der Waals surface area contributed by atoms with Crippen LogP contribution in [0.1, 0.15) is 11.1 Å². The fourth-order valence-corrected chi connectivity index (χ4v) is 2.96. The van der Waals surface area contributed by atoms with Gasteiger partial charge in [-0.2, -0.15) is 13.2 Å². The Balaban J connectivity index is 2.04. The van der Waals surface area contributed by atoms with Crippen LogP contribution in [0.15, 0.2) is 53.5 Å². The van der Waals surface area contributed by atoms with Crippen molar-refractivity contribution < 1.29 is 17.9 Å². The van der Waals surface area contributed by atoms with Crippen LogP contribution < -0.4 is 21.5 Å². The number of hydrogen-bond donors (Lipinski definition) is 3. The van der Waals surface area contributed by atoms with E-state index in [1.54, 1.807) is 24.3 Å². The smallest absolute Gasteiger partial charge is 0.422 e. The molecule has 0 aliphatic carbocycles. The normalized spacial score (nSPS) is 19.5. The lowest BCUT2D eigenvalue weighted by atomic mass is 9.96. The summed E-state index contributed by atoms with van der Waals surface area (Å²) in [5.41, 5.74) is 12.1. The van der Waals surface area contributed by atoms with E-state index in [9.17, 15) is 13.2 Å². The quantitative estimate of drug-likeness (QED) is 0.683. The molecule has 1 atom stereocenters. The third-order valence-electron chi connectivity index (χ3n) is 3.86. The van der Waals surface area contributed by atoms with E-state index in [-0.39, 0.29) is 17.3 Å². The molecular weight excluding hydrogens is 416 g/mol. The highest BCUT2D eigenvalue weighted by Gasteiger charge is 2.32. The first-order valence-corrected chi connectivity index (χ1v) is 8.71. The van der Waals surface area contributed by atoms with Crippen molar-refractivity contribution in [1.82, 2.24) is 5.32 Å². The minimum Gasteiger partial charge on any atom is -0.483 e. The summed E-state index contributed by atoms with van der Waals surface area (Å²) in [5.74, 6) is -0.0506. The Morgan fingerprint density at radius 3 is 2.36 bits per heavy atom. The Hall–Kier alpha value is -2.42. The van der Waals surface area contributed by atoms with E-state index in [1.165, 1.54) is 24.3 Å². The number of benzene rings is 2. The van der Waals surface area contributed by atoms with Crippen LogP contribution in [0, 0.1) is 0 Å². The second-order valence-corrected chi connectivity index (χ2v) is 6.93. The third kappa shape index (κ3) is 4.70. The van der Waals surface area contributed by atoms with Crippen LogP contribution in [0.5, 0.6) is 5.75 Å². The summed E-state index contributed by atoms with van der Waals surface area (Å²) >= 11 is 11.9. The molecule has 0 aromatic heterocycles. The number of guanidine groups is 1. The zero-order valence-corrected chi connectivity index (χ0v) is 15.7. The minimum absolute atomic E-state index is 0.0169. The Labute approximate surface area is 168 Å². The number of nitrogens with one attached hydrogen (secondary N) is 1. The maximum Gasteiger partial charge on any atom is 0.422 e. The van der Waals surface area contributed by atoms with Crippen molar-refractivity contribution in [3.05, 3.63) is 69.7 Å². The molecule has 1 unspecified atom stereocenters. The number of alkyl halides is 3. The number of halogens is 5. The molecule has 0 radical (unpaired) electrons. The molecule has 5 N–H and O–H groups in total. The van der Waals surface area contributed by atoms with Crippen LogP contribution in [0.25, 0.3) is 5.70 Å². The van der Waals surface area contributed by atoms with Gasteiger partial charge in [-0.1, -0.05) is 35.3 Å². The Morgan fingerprint density at radius 1 is 1.07 bits per heavy atom. The average molecular weight is 431 g/mol. The maximum absolute atomic E-state index is 12.6. The SMILES string of the molecule is NC1=NC(N)(c2ccc(Cl)cc2)C=C(c2cc(Cl)ccc2OCC(F)(F)F)N1. The van der Waals surface area contributed by atoms with Gasteiger partial charge in [-0.3, -0.25) is 5.73 Å². The van der Waals surface area contributed by atoms with Gasteiger partial charge in [0.05, 0.1) is 5.70 Å². The summed E-state index contributed by atoms with van der Waals surface area (Å²) in [7, 11) is 0. The highest BCUT2D eigenvalue weighted by atomic mass is 35.5. The van der Waals surface area contributed by atoms with Crippen LogP contribution in [0.3, 0.4) is 0 Å². The lowest BCUT2D eigenvalue weighted by Crippen LogP contribution is -2.44. The van der Waals surface area contributed by atoms with E-state index in [4.69, 9.17) is 39.4 Å². The molecule has 1 heterocycles. The van der Waals surface area contributed by atoms with Gasteiger partial charge in [-0.15, -0.1) is 0 Å². The average Bonchev–Trinajstić information content (AvgIpc) is 2.59. The highest BCUT2D eigenvalue weighted by Crippen LogP contribution is 2.34. The molecule has 0 saturated carbocycles. The van der Waals surface area contributed by atoms with Crippen LogP contribution in [-0.2, 0) is 5.66 Å². The van der Waals surface area contributed by atoms with Gasteiger partial charge >= 0.3 is 6.18 Å². The zero-order chi connectivity index (χ0) is 20.5. The maximum atomic E-state index is 12.6. The Kier molecular flexibility index (Phi) is 5.47. The molecule has 2 aromatic carbocycles. The second kappa shape index (κ2) is 7.54. The van der Waals surface area contributed by atoms with E-state index >= 15 is 0 Å². The molecule has 2 aromatic rings. The Bertz CT molecular complexity index is 945. The topological polar surface area (TPSA) is 85.7 Å². The van der Waals surface area contributed by atoms with Crippen molar-refractivity contribution in [2.24, 2.45) is 16.5 Å². The molecule has 0 saturated heterocycles. The summed E-state index contributed by atoms with van der Waals surface area (Å²) in [6.07, 6.45) is -2.97. The lowest BCUT2D eigenvalue weighted by molar-refractivity contribution is -0.153. The van der Waals surface area contributed by atoms with Gasteiger partial charge in [0.15, 0.2) is 18.2 Å². The standard InChI is InChI=1S/C18H15Cl2F3N4O/c19-11-3-1-10(2-4-11)17(25)8-14(26-16(24)27-17)13-7-12(20)5-6-15(13)28-9-18(21,22)23/h1-8H,9,25H2,(H3,24,26,27). The molecule has 10 heteroatoms. The van der Waals surface area contributed by atoms with E-state index in [0.717, 1.165) is 0 Å². The van der Waals surface area contributed by atoms with Crippen molar-refractivity contribution in [2.45, 2.75) is 11.8 Å². The van der Waals surface area contributed by atoms with Crippen molar-refractivity contribution >= 4 is 34.9 Å². The van der Waals surface area contributed by atoms with Gasteiger partial charge < -0.3 is 15.8 Å². The van der Waals surface area contributed by atoms with Gasteiger partial charge in [0.1, 0.15) is 5.75 Å². The van der Waals surface area contributed by atoms with E-state index in [0.29, 0.717) is 21.3 Å². The number of hydrogen-bond acceptors (Lipinski definition) is 5. The summed E-state index contributed by atoms with van der Waals surface area (Å²) in [6.45, 7) is -1.45. The molecule has 1 aliphatic rings. The van der Waals surface area contributed by atoms with E-state index < -0.39 is 18.4 Å². The first-order valence-electron chi connectivity index (χ1n) is 7.95. The molecule has 1 aliphatic heterocycles. The van der Waals surface area contributed by atoms with Crippen LogP contribution in [0.4, 0.5) is 13.2 Å². The summed E-state index contributed by atoms with van der Waals surface area (Å²) in [4.78, 5) is 4.21. The molecule has 0 fully saturated rings. The van der Waals surface area contributed by atoms with Gasteiger partial charge in [0, 0.05) is 15.6 Å². The van der Waals surface area contributed by atoms with Crippen LogP contribution in [0.2, 0.25) is 10.0 Å². The molecule has 28 heavy (non-hydrogen) atoms. The van der Waals surface area contributed by atoms with E-state index in [2.05, 4.69) is 10.3 Å². The fourth-order valence-electron chi connectivity index (χ4n) is 2.66. The van der Waals surface area contributed by atoms with Crippen molar-refractivity contribution in [2.75, 3.05) is 6.61 Å². The largest absolute Gasteiger partial charge is 0.483 e. The van der Waals surface area contributed by atoms with E-state index in [1.807, 2.05) is 0 Å². The van der Waals surface area contributed by atoms with Crippen molar-refractivity contribution in [3.8, 4) is 5.75 Å². The minimum atomic E-state index is -4.49. The molecule has 5 nitrogen and oxygen atoms in total. The van der Waals surface area contributed by atoms with Crippen molar-refractivity contribution in [3.63, 3.8) is 0 Å². The molecule has 0 amide bonds. The lowest BCUT2D eigenvalue weighted by Gasteiger charge is -2.29. The van der Waals surface area contributed by atoms with Gasteiger partial charge in [0.25, 0.3) is 0 Å².